The summed E-state index contributed by atoms with van der Waals surface area (Å²) in [7, 11) is -3.91. The zero-order chi connectivity index (χ0) is 20.7. The van der Waals surface area contributed by atoms with Crippen LogP contribution in [0.1, 0.15) is 25.0 Å². The van der Waals surface area contributed by atoms with Crippen LogP contribution >= 0.6 is 11.8 Å². The first-order valence-corrected chi connectivity index (χ1v) is 11.5. The molecule has 1 fully saturated rings. The van der Waals surface area contributed by atoms with Gasteiger partial charge in [-0.3, -0.25) is 4.79 Å². The van der Waals surface area contributed by atoms with E-state index in [1.165, 1.54) is 11.8 Å². The van der Waals surface area contributed by atoms with Gasteiger partial charge in [0.1, 0.15) is 6.04 Å². The molecule has 1 aliphatic rings. The zero-order valence-electron chi connectivity index (χ0n) is 16.5. The van der Waals surface area contributed by atoms with Crippen LogP contribution in [0.3, 0.4) is 0 Å². The molecule has 1 aliphatic heterocycles. The summed E-state index contributed by atoms with van der Waals surface area (Å²) in [6.07, 6.45) is 0. The summed E-state index contributed by atoms with van der Waals surface area (Å²) in [6, 6.07) is 11.8. The maximum atomic E-state index is 13.2. The number of hydrogen-bond acceptors (Lipinski definition) is 4. The second-order valence-electron chi connectivity index (χ2n) is 7.65. The molecule has 2 aromatic carbocycles. The minimum atomic E-state index is -3.91. The van der Waals surface area contributed by atoms with Crippen molar-refractivity contribution >= 4 is 27.8 Å². The minimum Gasteiger partial charge on any atom is -0.480 e. The molecule has 7 heteroatoms. The number of rotatable bonds is 4. The third-order valence-corrected chi connectivity index (χ3v) is 8.36. The molecule has 0 spiro atoms. The van der Waals surface area contributed by atoms with E-state index in [0.717, 1.165) is 26.6 Å². The normalized spacial score (nSPS) is 20.1. The van der Waals surface area contributed by atoms with Gasteiger partial charge in [-0.25, -0.2) is 8.42 Å². The number of carboxylic acids is 1. The van der Waals surface area contributed by atoms with Crippen LogP contribution in [-0.2, 0) is 14.8 Å². The number of aryl methyl sites for hydroxylation is 2. The van der Waals surface area contributed by atoms with Gasteiger partial charge in [0, 0.05) is 17.0 Å². The summed E-state index contributed by atoms with van der Waals surface area (Å²) in [5.41, 5.74) is 4.24. The van der Waals surface area contributed by atoms with E-state index in [-0.39, 0.29) is 11.4 Å². The molecular formula is C21H25NO4S2. The quantitative estimate of drug-likeness (QED) is 0.812. The molecule has 2 aromatic rings. The summed E-state index contributed by atoms with van der Waals surface area (Å²) in [6.45, 7) is 7.78. The van der Waals surface area contributed by atoms with Gasteiger partial charge >= 0.3 is 5.97 Å². The molecule has 0 aromatic heterocycles. The van der Waals surface area contributed by atoms with Gasteiger partial charge < -0.3 is 5.11 Å². The Kier molecular flexibility index (Phi) is 5.62. The van der Waals surface area contributed by atoms with E-state index < -0.39 is 26.8 Å². The lowest BCUT2D eigenvalue weighted by atomic mass is 9.99. The number of benzene rings is 2. The van der Waals surface area contributed by atoms with Gasteiger partial charge in [-0.15, -0.1) is 0 Å². The lowest BCUT2D eigenvalue weighted by molar-refractivity contribution is -0.142. The Morgan fingerprint density at radius 3 is 2.39 bits per heavy atom. The molecule has 3 rings (SSSR count). The number of carboxylic acid groups (broad SMARTS) is 1. The van der Waals surface area contributed by atoms with E-state index in [2.05, 4.69) is 6.07 Å². The Balaban J connectivity index is 1.98. The van der Waals surface area contributed by atoms with E-state index in [9.17, 15) is 18.3 Å². The fraction of sp³-hybridized carbons (Fsp3) is 0.381. The van der Waals surface area contributed by atoms with Crippen LogP contribution in [0.2, 0.25) is 0 Å². The van der Waals surface area contributed by atoms with Crippen molar-refractivity contribution in [3.63, 3.8) is 0 Å². The van der Waals surface area contributed by atoms with Crippen LogP contribution in [0.15, 0.2) is 47.4 Å². The molecular weight excluding hydrogens is 394 g/mol. The predicted octanol–water partition coefficient (Wildman–Crippen LogP) is 3.94. The van der Waals surface area contributed by atoms with Crippen LogP contribution in [0.5, 0.6) is 0 Å². The van der Waals surface area contributed by atoms with E-state index in [1.807, 2.05) is 26.0 Å². The summed E-state index contributed by atoms with van der Waals surface area (Å²) < 4.78 is 26.9. The van der Waals surface area contributed by atoms with Crippen molar-refractivity contribution < 1.29 is 18.3 Å². The fourth-order valence-corrected chi connectivity index (χ4v) is 6.72. The van der Waals surface area contributed by atoms with Gasteiger partial charge in [0.05, 0.1) is 4.90 Å². The first kappa shape index (κ1) is 20.9. The van der Waals surface area contributed by atoms with Crippen molar-refractivity contribution in [3.05, 3.63) is 53.6 Å². The predicted molar refractivity (Wildman–Crippen MR) is 113 cm³/mol. The summed E-state index contributed by atoms with van der Waals surface area (Å²) in [5.74, 6) is -0.552. The van der Waals surface area contributed by atoms with Crippen LogP contribution in [0.25, 0.3) is 11.1 Å². The highest BCUT2D eigenvalue weighted by Gasteiger charge is 2.48. The lowest BCUT2D eigenvalue weighted by Gasteiger charge is -2.42. The topological polar surface area (TPSA) is 74.7 Å². The molecule has 1 N–H and O–H groups in total. The highest BCUT2D eigenvalue weighted by Crippen LogP contribution is 2.38. The molecule has 150 valence electrons. The van der Waals surface area contributed by atoms with E-state index in [1.54, 1.807) is 38.1 Å². The number of sulfonamides is 1. The smallest absolute Gasteiger partial charge is 0.323 e. The van der Waals surface area contributed by atoms with E-state index in [0.29, 0.717) is 5.75 Å². The lowest BCUT2D eigenvalue weighted by Crippen LogP contribution is -2.58. The van der Waals surface area contributed by atoms with Crippen molar-refractivity contribution in [3.8, 4) is 11.1 Å². The molecule has 0 aliphatic carbocycles. The van der Waals surface area contributed by atoms with Gasteiger partial charge in [0.2, 0.25) is 10.0 Å². The fourth-order valence-electron chi connectivity index (χ4n) is 3.62. The van der Waals surface area contributed by atoms with E-state index >= 15 is 0 Å². The Morgan fingerprint density at radius 2 is 1.79 bits per heavy atom. The van der Waals surface area contributed by atoms with Gasteiger partial charge in [-0.2, -0.15) is 16.1 Å². The highest BCUT2D eigenvalue weighted by atomic mass is 32.2. The van der Waals surface area contributed by atoms with Crippen molar-refractivity contribution in [2.75, 3.05) is 12.3 Å². The standard InChI is InChI=1S/C21H25NO4S2/c1-14-5-6-15(2)18(13-14)16-7-9-17(10-8-16)28(25,26)22-11-12-27-21(3,4)19(22)20(23)24/h5-10,13,19H,11-12H2,1-4H3,(H,23,24)/t19-/m0/s1. The number of nitrogens with zero attached hydrogens (tertiary/aromatic N) is 1. The maximum absolute atomic E-state index is 13.2. The number of aliphatic carboxylic acids is 1. The summed E-state index contributed by atoms with van der Waals surface area (Å²) in [5, 5.41) is 9.68. The Bertz CT molecular complexity index is 998. The highest BCUT2D eigenvalue weighted by molar-refractivity contribution is 8.00. The van der Waals surface area contributed by atoms with Crippen LogP contribution in [-0.4, -0.2) is 46.9 Å². The van der Waals surface area contributed by atoms with Crippen molar-refractivity contribution in [2.45, 2.75) is 43.4 Å². The average molecular weight is 420 g/mol. The third kappa shape index (κ3) is 3.83. The largest absolute Gasteiger partial charge is 0.480 e. The van der Waals surface area contributed by atoms with Crippen LogP contribution in [0.4, 0.5) is 0 Å². The molecule has 0 amide bonds. The Hall–Kier alpha value is -1.83. The van der Waals surface area contributed by atoms with Crippen LogP contribution in [0, 0.1) is 13.8 Å². The Labute approximate surface area is 170 Å². The molecule has 28 heavy (non-hydrogen) atoms. The zero-order valence-corrected chi connectivity index (χ0v) is 18.1. The maximum Gasteiger partial charge on any atom is 0.323 e. The van der Waals surface area contributed by atoms with Crippen molar-refractivity contribution in [1.82, 2.24) is 4.31 Å². The SMILES string of the molecule is Cc1ccc(C)c(-c2ccc(S(=O)(=O)N3CCSC(C)(C)[C@@H]3C(=O)O)cc2)c1. The first-order chi connectivity index (χ1) is 13.0. The second kappa shape index (κ2) is 7.54. The molecule has 0 bridgehead atoms. The van der Waals surface area contributed by atoms with Gasteiger partial charge in [0.15, 0.2) is 0 Å². The number of carbonyl (C=O) groups is 1. The summed E-state index contributed by atoms with van der Waals surface area (Å²) >= 11 is 1.49. The Morgan fingerprint density at radius 1 is 1.14 bits per heavy atom. The molecule has 0 unspecified atom stereocenters. The average Bonchev–Trinajstić information content (AvgIpc) is 2.62. The molecule has 1 atom stereocenters. The molecule has 0 saturated carbocycles. The number of hydrogen-bond donors (Lipinski definition) is 1. The van der Waals surface area contributed by atoms with Crippen LogP contribution < -0.4 is 0 Å². The number of thioether (sulfide) groups is 1. The minimum absolute atomic E-state index is 0.121. The molecule has 1 heterocycles. The van der Waals surface area contributed by atoms with Gasteiger partial charge in [-0.05, 0) is 56.5 Å². The second-order valence-corrected chi connectivity index (χ2v) is 11.3. The van der Waals surface area contributed by atoms with Gasteiger partial charge in [0.25, 0.3) is 0 Å². The molecule has 1 saturated heterocycles. The monoisotopic (exact) mass is 419 g/mol. The van der Waals surface area contributed by atoms with Gasteiger partial charge in [-0.1, -0.05) is 35.9 Å². The molecule has 0 radical (unpaired) electrons. The van der Waals surface area contributed by atoms with E-state index in [4.69, 9.17) is 0 Å². The van der Waals surface area contributed by atoms with Crippen molar-refractivity contribution in [2.24, 2.45) is 0 Å². The summed E-state index contributed by atoms with van der Waals surface area (Å²) in [4.78, 5) is 12.0. The first-order valence-electron chi connectivity index (χ1n) is 9.10. The van der Waals surface area contributed by atoms with Crippen molar-refractivity contribution in [1.29, 1.82) is 0 Å². The third-order valence-electron chi connectivity index (χ3n) is 5.13. The molecule has 5 nitrogen and oxygen atoms in total.